The number of carbonyl (C=O) groups excluding carboxylic acids is 2. The maximum atomic E-state index is 13.3. The summed E-state index contributed by atoms with van der Waals surface area (Å²) in [5.41, 5.74) is 4.32. The number of thioether (sulfide) groups is 1. The highest BCUT2D eigenvalue weighted by Gasteiger charge is 2.41. The van der Waals surface area contributed by atoms with Crippen LogP contribution >= 0.6 is 24.0 Å². The van der Waals surface area contributed by atoms with Crippen LogP contribution in [0, 0.1) is 6.92 Å². The van der Waals surface area contributed by atoms with Crippen molar-refractivity contribution in [3.8, 4) is 0 Å². The fourth-order valence-electron chi connectivity index (χ4n) is 3.35. The molecule has 4 nitrogen and oxygen atoms in total. The third-order valence-corrected chi connectivity index (χ3v) is 6.23. The van der Waals surface area contributed by atoms with Gasteiger partial charge >= 0.3 is 0 Å². The van der Waals surface area contributed by atoms with Crippen molar-refractivity contribution in [3.05, 3.63) is 70.1 Å². The third-order valence-electron chi connectivity index (χ3n) is 4.78. The van der Waals surface area contributed by atoms with Crippen molar-refractivity contribution in [2.24, 2.45) is 0 Å². The number of thiocarbonyl (C=S) groups is 1. The molecule has 0 bridgehead atoms. The quantitative estimate of drug-likeness (QED) is 0.580. The smallest absolute Gasteiger partial charge is 0.266 e. The lowest BCUT2D eigenvalue weighted by atomic mass is 10.1. The maximum absolute atomic E-state index is 13.3. The average Bonchev–Trinajstić information content (AvgIpc) is 3.10. The van der Waals surface area contributed by atoms with Crippen LogP contribution in [0.1, 0.15) is 23.6 Å². The van der Waals surface area contributed by atoms with E-state index in [0.717, 1.165) is 16.8 Å². The van der Waals surface area contributed by atoms with Gasteiger partial charge in [-0.05, 0) is 25.5 Å². The summed E-state index contributed by atoms with van der Waals surface area (Å²) in [4.78, 5) is 29.8. The van der Waals surface area contributed by atoms with Gasteiger partial charge in [0, 0.05) is 12.1 Å². The average molecular weight is 395 g/mol. The molecule has 0 N–H and O–H groups in total. The van der Waals surface area contributed by atoms with E-state index in [-0.39, 0.29) is 11.8 Å². The van der Waals surface area contributed by atoms with Crippen LogP contribution in [-0.4, -0.2) is 27.6 Å². The summed E-state index contributed by atoms with van der Waals surface area (Å²) in [5.74, 6) is -0.323. The second-order valence-electron chi connectivity index (χ2n) is 6.52. The van der Waals surface area contributed by atoms with Crippen molar-refractivity contribution in [2.45, 2.75) is 20.4 Å². The van der Waals surface area contributed by atoms with Crippen LogP contribution in [0.4, 0.5) is 5.69 Å². The van der Waals surface area contributed by atoms with E-state index in [9.17, 15) is 9.59 Å². The first-order chi connectivity index (χ1) is 13.0. The first-order valence-corrected chi connectivity index (χ1v) is 9.98. The van der Waals surface area contributed by atoms with Gasteiger partial charge in [0.25, 0.3) is 11.8 Å². The van der Waals surface area contributed by atoms with Gasteiger partial charge in [0.2, 0.25) is 0 Å². The SMILES string of the molecule is CCN1C(=O)C(=C2C(=O)N(Cc3ccc(C)cc3)c3ccccc32)SC1=S. The van der Waals surface area contributed by atoms with Gasteiger partial charge in [-0.1, -0.05) is 72.0 Å². The second-order valence-corrected chi connectivity index (χ2v) is 8.16. The highest BCUT2D eigenvalue weighted by Crippen LogP contribution is 2.44. The predicted octanol–water partition coefficient (Wildman–Crippen LogP) is 4.13. The summed E-state index contributed by atoms with van der Waals surface area (Å²) < 4.78 is 0.507. The van der Waals surface area contributed by atoms with Gasteiger partial charge < -0.3 is 4.90 Å². The van der Waals surface area contributed by atoms with E-state index in [1.54, 1.807) is 9.80 Å². The fraction of sp³-hybridized carbons (Fsp3) is 0.190. The molecule has 0 spiro atoms. The molecule has 0 atom stereocenters. The topological polar surface area (TPSA) is 40.6 Å². The van der Waals surface area contributed by atoms with Crippen LogP contribution in [0.5, 0.6) is 0 Å². The Labute approximate surface area is 167 Å². The molecule has 2 aliphatic rings. The molecule has 0 aliphatic carbocycles. The number of carbonyl (C=O) groups is 2. The van der Waals surface area contributed by atoms with Crippen LogP contribution in [0.3, 0.4) is 0 Å². The lowest BCUT2D eigenvalue weighted by Crippen LogP contribution is -2.29. The fourth-order valence-corrected chi connectivity index (χ4v) is 4.81. The number of fused-ring (bicyclic) bond motifs is 1. The number of aryl methyl sites for hydroxylation is 1. The Balaban J connectivity index is 1.79. The Morgan fingerprint density at radius 3 is 2.33 bits per heavy atom. The predicted molar refractivity (Wildman–Crippen MR) is 113 cm³/mol. The number of rotatable bonds is 3. The molecule has 6 heteroatoms. The highest BCUT2D eigenvalue weighted by molar-refractivity contribution is 8.26. The van der Waals surface area contributed by atoms with E-state index >= 15 is 0 Å². The minimum Gasteiger partial charge on any atom is -0.303 e. The monoisotopic (exact) mass is 394 g/mol. The summed E-state index contributed by atoms with van der Waals surface area (Å²) in [7, 11) is 0. The first kappa shape index (κ1) is 17.9. The van der Waals surface area contributed by atoms with Gasteiger partial charge in [-0.3, -0.25) is 14.5 Å². The molecule has 27 heavy (non-hydrogen) atoms. The zero-order valence-corrected chi connectivity index (χ0v) is 16.7. The van der Waals surface area contributed by atoms with Crippen molar-refractivity contribution in [1.29, 1.82) is 0 Å². The number of para-hydroxylation sites is 1. The summed E-state index contributed by atoms with van der Waals surface area (Å²) in [6.07, 6.45) is 0. The van der Waals surface area contributed by atoms with E-state index in [4.69, 9.17) is 12.2 Å². The Bertz CT molecular complexity index is 995. The molecule has 2 aromatic rings. The summed E-state index contributed by atoms with van der Waals surface area (Å²) in [5, 5.41) is 0. The molecule has 0 unspecified atom stereocenters. The van der Waals surface area contributed by atoms with Gasteiger partial charge in [0.05, 0.1) is 22.7 Å². The maximum Gasteiger partial charge on any atom is 0.266 e. The molecular formula is C21H18N2O2S2. The molecule has 136 valence electrons. The van der Waals surface area contributed by atoms with E-state index < -0.39 is 0 Å². The van der Waals surface area contributed by atoms with Gasteiger partial charge in [-0.25, -0.2) is 0 Å². The molecule has 2 aromatic carbocycles. The van der Waals surface area contributed by atoms with Gasteiger partial charge in [-0.2, -0.15) is 0 Å². The number of benzene rings is 2. The van der Waals surface area contributed by atoms with E-state index in [2.05, 4.69) is 0 Å². The van der Waals surface area contributed by atoms with Gasteiger partial charge in [0.1, 0.15) is 4.32 Å². The van der Waals surface area contributed by atoms with Gasteiger partial charge in [-0.15, -0.1) is 0 Å². The molecule has 2 amide bonds. The highest BCUT2D eigenvalue weighted by atomic mass is 32.2. The molecule has 0 radical (unpaired) electrons. The number of hydrogen-bond acceptors (Lipinski definition) is 4. The Morgan fingerprint density at radius 2 is 1.67 bits per heavy atom. The van der Waals surface area contributed by atoms with Crippen molar-refractivity contribution < 1.29 is 9.59 Å². The summed E-state index contributed by atoms with van der Waals surface area (Å²) in [6.45, 7) is 4.89. The minimum absolute atomic E-state index is 0.145. The number of anilines is 1. The van der Waals surface area contributed by atoms with Crippen molar-refractivity contribution in [2.75, 3.05) is 11.4 Å². The summed E-state index contributed by atoms with van der Waals surface area (Å²) >= 11 is 6.54. The zero-order valence-electron chi connectivity index (χ0n) is 15.1. The summed E-state index contributed by atoms with van der Waals surface area (Å²) in [6, 6.07) is 15.8. The van der Waals surface area contributed by atoms with Crippen LogP contribution in [0.15, 0.2) is 53.4 Å². The Kier molecular flexibility index (Phi) is 4.61. The van der Waals surface area contributed by atoms with Gasteiger partial charge in [0.15, 0.2) is 0 Å². The molecule has 1 fully saturated rings. The minimum atomic E-state index is -0.178. The molecule has 4 rings (SSSR count). The van der Waals surface area contributed by atoms with Crippen LogP contribution < -0.4 is 4.90 Å². The lowest BCUT2D eigenvalue weighted by molar-refractivity contribution is -0.122. The molecule has 2 heterocycles. The Hall–Kier alpha value is -2.44. The number of likely N-dealkylation sites (N-methyl/N-ethyl adjacent to an activating group) is 1. The first-order valence-electron chi connectivity index (χ1n) is 8.76. The molecule has 2 aliphatic heterocycles. The largest absolute Gasteiger partial charge is 0.303 e. The number of hydrogen-bond donors (Lipinski definition) is 0. The Morgan fingerprint density at radius 1 is 0.963 bits per heavy atom. The molecular weight excluding hydrogens is 376 g/mol. The normalized spacial score (nSPS) is 19.3. The number of nitrogens with zero attached hydrogens (tertiary/aromatic N) is 2. The molecule has 0 aromatic heterocycles. The van der Waals surface area contributed by atoms with E-state index in [1.807, 2.05) is 62.4 Å². The van der Waals surface area contributed by atoms with Crippen molar-refractivity contribution in [1.82, 2.24) is 4.90 Å². The lowest BCUT2D eigenvalue weighted by Gasteiger charge is -2.17. The van der Waals surface area contributed by atoms with Crippen molar-refractivity contribution in [3.63, 3.8) is 0 Å². The molecule has 1 saturated heterocycles. The second kappa shape index (κ2) is 6.94. The van der Waals surface area contributed by atoms with E-state index in [0.29, 0.717) is 27.9 Å². The van der Waals surface area contributed by atoms with Crippen LogP contribution in [0.25, 0.3) is 5.57 Å². The van der Waals surface area contributed by atoms with Crippen LogP contribution in [-0.2, 0) is 16.1 Å². The van der Waals surface area contributed by atoms with Crippen LogP contribution in [0.2, 0.25) is 0 Å². The van der Waals surface area contributed by atoms with E-state index in [1.165, 1.54) is 17.3 Å². The zero-order chi connectivity index (χ0) is 19.1. The third kappa shape index (κ3) is 2.99. The van der Waals surface area contributed by atoms with Crippen molar-refractivity contribution >= 4 is 51.4 Å². The number of amides is 2. The molecule has 0 saturated carbocycles. The standard InChI is InChI=1S/C21H18N2O2S2/c1-3-22-20(25)18(27-21(22)26)17-15-6-4-5-7-16(15)23(19(17)24)12-14-10-8-13(2)9-11-14/h4-11H,3,12H2,1-2H3.